The van der Waals surface area contributed by atoms with Crippen molar-refractivity contribution in [3.05, 3.63) is 20.7 Å². The summed E-state index contributed by atoms with van der Waals surface area (Å²) in [5.41, 5.74) is 0. The third-order valence-electron chi connectivity index (χ3n) is 1.25. The minimum atomic E-state index is -4.34. The topological polar surface area (TPSA) is 35.0 Å². The third-order valence-corrected chi connectivity index (χ3v) is 2.64. The molecule has 1 aromatic heterocycles. The molecule has 0 saturated carbocycles. The standard InChI is InChI=1S/C7H5ClF3IN2O/c8-6-4(12)1-13-5(14-6)2-15-3-7(9,10)11/h1H,2-3H2. The van der Waals surface area contributed by atoms with Crippen molar-refractivity contribution >= 4 is 34.2 Å². The minimum Gasteiger partial charge on any atom is -0.364 e. The lowest BCUT2D eigenvalue weighted by atomic mass is 10.6. The van der Waals surface area contributed by atoms with Gasteiger partial charge in [-0.2, -0.15) is 13.2 Å². The zero-order valence-electron chi connectivity index (χ0n) is 7.18. The second-order valence-electron chi connectivity index (χ2n) is 2.53. The molecule has 1 heterocycles. The number of ether oxygens (including phenoxy) is 1. The molecule has 0 aliphatic heterocycles. The highest BCUT2D eigenvalue weighted by molar-refractivity contribution is 14.1. The molecule has 1 rings (SSSR count). The summed E-state index contributed by atoms with van der Waals surface area (Å²) in [7, 11) is 0. The quantitative estimate of drug-likeness (QED) is 0.620. The van der Waals surface area contributed by atoms with Crippen LogP contribution in [0.4, 0.5) is 13.2 Å². The number of hydrogen-bond acceptors (Lipinski definition) is 3. The summed E-state index contributed by atoms with van der Waals surface area (Å²) >= 11 is 7.56. The van der Waals surface area contributed by atoms with E-state index in [1.54, 1.807) is 0 Å². The fraction of sp³-hybridized carbons (Fsp3) is 0.429. The maximum absolute atomic E-state index is 11.7. The molecule has 0 bridgehead atoms. The van der Waals surface area contributed by atoms with Crippen molar-refractivity contribution < 1.29 is 17.9 Å². The van der Waals surface area contributed by atoms with E-state index in [1.165, 1.54) is 6.20 Å². The van der Waals surface area contributed by atoms with Crippen LogP contribution < -0.4 is 0 Å². The van der Waals surface area contributed by atoms with Gasteiger partial charge in [-0.25, -0.2) is 9.97 Å². The minimum absolute atomic E-state index is 0.129. The molecular formula is C7H5ClF3IN2O. The number of halogens is 5. The molecule has 0 unspecified atom stereocenters. The molecule has 0 spiro atoms. The molecule has 1 aromatic rings. The van der Waals surface area contributed by atoms with Gasteiger partial charge in [-0.05, 0) is 22.6 Å². The number of nitrogens with zero attached hydrogens (tertiary/aromatic N) is 2. The summed E-state index contributed by atoms with van der Waals surface area (Å²) in [6.07, 6.45) is -2.92. The Morgan fingerprint density at radius 2 is 2.13 bits per heavy atom. The van der Waals surface area contributed by atoms with Crippen molar-refractivity contribution in [2.45, 2.75) is 12.8 Å². The van der Waals surface area contributed by atoms with Gasteiger partial charge in [0.2, 0.25) is 0 Å². The smallest absolute Gasteiger partial charge is 0.364 e. The summed E-state index contributed by atoms with van der Waals surface area (Å²) in [4.78, 5) is 7.51. The maximum atomic E-state index is 11.7. The van der Waals surface area contributed by atoms with Crippen LogP contribution in [0.2, 0.25) is 5.15 Å². The van der Waals surface area contributed by atoms with Crippen LogP contribution in [0.15, 0.2) is 6.20 Å². The molecule has 0 atom stereocenters. The van der Waals surface area contributed by atoms with Crippen LogP contribution in [-0.4, -0.2) is 22.8 Å². The fourth-order valence-corrected chi connectivity index (χ4v) is 1.11. The monoisotopic (exact) mass is 352 g/mol. The van der Waals surface area contributed by atoms with Crippen molar-refractivity contribution in [2.75, 3.05) is 6.61 Å². The first-order valence-corrected chi connectivity index (χ1v) is 5.15. The normalized spacial score (nSPS) is 11.8. The summed E-state index contributed by atoms with van der Waals surface area (Å²) < 4.78 is 40.1. The van der Waals surface area contributed by atoms with Gasteiger partial charge >= 0.3 is 6.18 Å². The van der Waals surface area contributed by atoms with Crippen molar-refractivity contribution in [1.29, 1.82) is 0 Å². The Morgan fingerprint density at radius 1 is 1.47 bits per heavy atom. The molecule has 0 saturated heterocycles. The number of rotatable bonds is 3. The first kappa shape index (κ1) is 12.9. The predicted octanol–water partition coefficient (Wildman–Crippen LogP) is 2.81. The molecule has 0 aliphatic rings. The van der Waals surface area contributed by atoms with Crippen LogP contribution >= 0.6 is 34.2 Å². The Morgan fingerprint density at radius 3 is 2.67 bits per heavy atom. The highest BCUT2D eigenvalue weighted by Crippen LogP contribution is 2.16. The lowest BCUT2D eigenvalue weighted by Crippen LogP contribution is -2.17. The van der Waals surface area contributed by atoms with Gasteiger partial charge in [0.25, 0.3) is 0 Å². The zero-order chi connectivity index (χ0) is 11.5. The summed E-state index contributed by atoms with van der Waals surface area (Å²) in [5, 5.41) is 0.205. The number of alkyl halides is 3. The second-order valence-corrected chi connectivity index (χ2v) is 4.05. The van der Waals surface area contributed by atoms with E-state index < -0.39 is 12.8 Å². The molecule has 0 amide bonds. The van der Waals surface area contributed by atoms with E-state index in [1.807, 2.05) is 22.6 Å². The SMILES string of the molecule is FC(F)(F)COCc1ncc(I)c(Cl)n1. The fourth-order valence-electron chi connectivity index (χ4n) is 0.708. The Hall–Kier alpha value is -0.150. The van der Waals surface area contributed by atoms with Gasteiger partial charge in [0.05, 0.1) is 3.57 Å². The van der Waals surface area contributed by atoms with Crippen molar-refractivity contribution in [1.82, 2.24) is 9.97 Å². The van der Waals surface area contributed by atoms with Crippen LogP contribution in [0.25, 0.3) is 0 Å². The Balaban J connectivity index is 2.48. The average molecular weight is 352 g/mol. The van der Waals surface area contributed by atoms with Gasteiger partial charge in [0.1, 0.15) is 18.4 Å². The molecule has 3 nitrogen and oxygen atoms in total. The van der Waals surface area contributed by atoms with E-state index >= 15 is 0 Å². The van der Waals surface area contributed by atoms with E-state index in [9.17, 15) is 13.2 Å². The summed E-state index contributed by atoms with van der Waals surface area (Å²) in [6, 6.07) is 0. The first-order valence-electron chi connectivity index (χ1n) is 3.70. The van der Waals surface area contributed by atoms with Gasteiger partial charge in [-0.3, -0.25) is 0 Å². The molecule has 0 aliphatic carbocycles. The van der Waals surface area contributed by atoms with Gasteiger partial charge in [0, 0.05) is 6.20 Å². The molecule has 0 radical (unpaired) electrons. The van der Waals surface area contributed by atoms with Gasteiger partial charge in [0.15, 0.2) is 5.82 Å². The number of aromatic nitrogens is 2. The van der Waals surface area contributed by atoms with E-state index in [4.69, 9.17) is 11.6 Å². The largest absolute Gasteiger partial charge is 0.411 e. The van der Waals surface area contributed by atoms with Gasteiger partial charge in [-0.1, -0.05) is 11.6 Å². The lowest BCUT2D eigenvalue weighted by Gasteiger charge is -2.06. The average Bonchev–Trinajstić information content (AvgIpc) is 2.09. The van der Waals surface area contributed by atoms with Crippen LogP contribution in [0.3, 0.4) is 0 Å². The maximum Gasteiger partial charge on any atom is 0.411 e. The second kappa shape index (κ2) is 5.26. The van der Waals surface area contributed by atoms with Crippen LogP contribution in [0.5, 0.6) is 0 Å². The molecular weight excluding hydrogens is 347 g/mol. The van der Waals surface area contributed by atoms with Crippen LogP contribution in [0, 0.1) is 3.57 Å². The number of hydrogen-bond donors (Lipinski definition) is 0. The van der Waals surface area contributed by atoms with E-state index in [0.29, 0.717) is 3.57 Å². The summed E-state index contributed by atoms with van der Waals surface area (Å²) in [5.74, 6) is 0.129. The van der Waals surface area contributed by atoms with Crippen molar-refractivity contribution in [3.63, 3.8) is 0 Å². The lowest BCUT2D eigenvalue weighted by molar-refractivity contribution is -0.177. The highest BCUT2D eigenvalue weighted by Gasteiger charge is 2.27. The highest BCUT2D eigenvalue weighted by atomic mass is 127. The Bertz CT molecular complexity index is 347. The molecule has 0 fully saturated rings. The molecule has 0 aromatic carbocycles. The molecule has 84 valence electrons. The van der Waals surface area contributed by atoms with Gasteiger partial charge in [-0.15, -0.1) is 0 Å². The van der Waals surface area contributed by atoms with Crippen LogP contribution in [-0.2, 0) is 11.3 Å². The first-order chi connectivity index (χ1) is 6.88. The molecule has 15 heavy (non-hydrogen) atoms. The molecule has 0 N–H and O–H groups in total. The van der Waals surface area contributed by atoms with E-state index in [0.717, 1.165) is 0 Å². The van der Waals surface area contributed by atoms with Crippen molar-refractivity contribution in [2.24, 2.45) is 0 Å². The predicted molar refractivity (Wildman–Crippen MR) is 55.5 cm³/mol. The van der Waals surface area contributed by atoms with Crippen molar-refractivity contribution in [3.8, 4) is 0 Å². The Labute approximate surface area is 102 Å². The van der Waals surface area contributed by atoms with E-state index in [2.05, 4.69) is 14.7 Å². The summed E-state index contributed by atoms with van der Waals surface area (Å²) in [6.45, 7) is -1.63. The van der Waals surface area contributed by atoms with Gasteiger partial charge < -0.3 is 4.74 Å². The van der Waals surface area contributed by atoms with Crippen LogP contribution in [0.1, 0.15) is 5.82 Å². The Kier molecular flexibility index (Phi) is 4.53. The molecule has 8 heteroatoms. The third kappa shape index (κ3) is 4.94. The zero-order valence-corrected chi connectivity index (χ0v) is 10.1. The van der Waals surface area contributed by atoms with E-state index in [-0.39, 0.29) is 17.6 Å².